The number of unbranched alkanes of at least 4 members (excludes halogenated alkanes) is 1. The predicted octanol–water partition coefficient (Wildman–Crippen LogP) is 5.04. The number of allylic oxidation sites excluding steroid dienone is 2. The molecule has 2 aliphatic rings. The summed E-state index contributed by atoms with van der Waals surface area (Å²) >= 11 is 0. The highest BCUT2D eigenvalue weighted by molar-refractivity contribution is 6.26. The summed E-state index contributed by atoms with van der Waals surface area (Å²) in [4.78, 5) is 37.7. The zero-order chi connectivity index (χ0) is 20.6. The lowest BCUT2D eigenvalue weighted by molar-refractivity contribution is -0.146. The second-order valence-corrected chi connectivity index (χ2v) is 7.86. The molecule has 0 unspecified atom stereocenters. The fraction of sp³-hybridized carbons (Fsp3) is 0.542. The van der Waals surface area contributed by atoms with Gasteiger partial charge in [0.1, 0.15) is 0 Å². The molecule has 0 spiro atoms. The molecule has 156 valence electrons. The summed E-state index contributed by atoms with van der Waals surface area (Å²) in [5.41, 5.74) is 1.15. The van der Waals surface area contributed by atoms with E-state index in [4.69, 9.17) is 9.47 Å². The summed E-state index contributed by atoms with van der Waals surface area (Å²) in [6.07, 6.45) is 10.1. The van der Waals surface area contributed by atoms with Crippen molar-refractivity contribution in [2.75, 3.05) is 13.2 Å². The van der Waals surface area contributed by atoms with Crippen molar-refractivity contribution in [2.45, 2.75) is 64.7 Å². The largest absolute Gasteiger partial charge is 0.477 e. The highest BCUT2D eigenvalue weighted by Crippen LogP contribution is 2.32. The van der Waals surface area contributed by atoms with Gasteiger partial charge < -0.3 is 9.47 Å². The van der Waals surface area contributed by atoms with E-state index in [0.717, 1.165) is 18.8 Å². The molecule has 0 aromatic heterocycles. The number of Topliss-reactive ketones (excluding diaryl/α,β-unsaturated/α-hetero) is 2. The number of ether oxygens (including phenoxy) is 2. The zero-order valence-corrected chi connectivity index (χ0v) is 17.2. The van der Waals surface area contributed by atoms with E-state index in [1.807, 2.05) is 0 Å². The van der Waals surface area contributed by atoms with Crippen LogP contribution in [-0.2, 0) is 14.3 Å². The van der Waals surface area contributed by atoms with Crippen molar-refractivity contribution >= 4 is 17.5 Å². The van der Waals surface area contributed by atoms with Crippen LogP contribution in [0.5, 0.6) is 0 Å². The maximum atomic E-state index is 13.0. The van der Waals surface area contributed by atoms with Gasteiger partial charge in [-0.05, 0) is 25.7 Å². The fourth-order valence-corrected chi connectivity index (χ4v) is 4.33. The van der Waals surface area contributed by atoms with Crippen molar-refractivity contribution in [3.63, 3.8) is 0 Å². The van der Waals surface area contributed by atoms with Crippen molar-refractivity contribution < 1.29 is 23.9 Å². The lowest BCUT2D eigenvalue weighted by Crippen LogP contribution is -2.25. The number of hydrogen-bond donors (Lipinski definition) is 0. The van der Waals surface area contributed by atoms with Gasteiger partial charge in [-0.3, -0.25) is 9.59 Å². The Morgan fingerprint density at radius 1 is 1.00 bits per heavy atom. The van der Waals surface area contributed by atoms with Gasteiger partial charge in [0.15, 0.2) is 18.1 Å². The van der Waals surface area contributed by atoms with Crippen molar-refractivity contribution in [1.29, 1.82) is 0 Å². The molecule has 3 rings (SSSR count). The molecule has 0 N–H and O–H groups in total. The maximum absolute atomic E-state index is 13.0. The van der Waals surface area contributed by atoms with Crippen LogP contribution >= 0.6 is 0 Å². The molecule has 1 aromatic carbocycles. The maximum Gasteiger partial charge on any atom is 0.344 e. The van der Waals surface area contributed by atoms with Crippen LogP contribution in [0.4, 0.5) is 0 Å². The van der Waals surface area contributed by atoms with Gasteiger partial charge in [0, 0.05) is 16.7 Å². The lowest BCUT2D eigenvalue weighted by Gasteiger charge is -2.22. The first-order chi connectivity index (χ1) is 14.1. The van der Waals surface area contributed by atoms with Gasteiger partial charge in [-0.25, -0.2) is 4.79 Å². The van der Waals surface area contributed by atoms with E-state index in [1.54, 1.807) is 31.2 Å². The zero-order valence-electron chi connectivity index (χ0n) is 17.2. The number of carbonyl (C=O) groups is 3. The number of ketones is 2. The van der Waals surface area contributed by atoms with Gasteiger partial charge in [-0.2, -0.15) is 0 Å². The normalized spacial score (nSPS) is 17.3. The SMILES string of the molecule is CCOC(=O)COC1=C(CCCCC2CCCCC2)C(=O)c2ccccc2C1=O. The molecule has 2 aliphatic carbocycles. The first kappa shape index (κ1) is 21.3. The molecule has 0 saturated heterocycles. The van der Waals surface area contributed by atoms with Gasteiger partial charge in [-0.1, -0.05) is 69.2 Å². The summed E-state index contributed by atoms with van der Waals surface area (Å²) in [7, 11) is 0. The number of hydrogen-bond acceptors (Lipinski definition) is 5. The van der Waals surface area contributed by atoms with Crippen LogP contribution in [0, 0.1) is 5.92 Å². The van der Waals surface area contributed by atoms with Gasteiger partial charge in [0.2, 0.25) is 5.78 Å². The minimum absolute atomic E-state index is 0.0134. The molecule has 5 heteroatoms. The summed E-state index contributed by atoms with van der Waals surface area (Å²) in [6, 6.07) is 6.79. The third-order valence-corrected chi connectivity index (χ3v) is 5.82. The van der Waals surface area contributed by atoms with Crippen LogP contribution in [0.3, 0.4) is 0 Å². The topological polar surface area (TPSA) is 69.7 Å². The number of rotatable bonds is 9. The molecule has 1 fully saturated rings. The minimum Gasteiger partial charge on any atom is -0.477 e. The van der Waals surface area contributed by atoms with Crippen LogP contribution in [-0.4, -0.2) is 30.7 Å². The standard InChI is InChI=1S/C24H30O5/c1-2-28-21(25)16-29-24-20(15-7-6-12-17-10-4-3-5-11-17)22(26)18-13-8-9-14-19(18)23(24)27/h8-9,13-14,17H,2-7,10-12,15-16H2,1H3. The van der Waals surface area contributed by atoms with Crippen LogP contribution in [0.2, 0.25) is 0 Å². The Morgan fingerprint density at radius 2 is 1.69 bits per heavy atom. The molecule has 1 aromatic rings. The van der Waals surface area contributed by atoms with Crippen LogP contribution < -0.4 is 0 Å². The lowest BCUT2D eigenvalue weighted by atomic mass is 9.83. The van der Waals surface area contributed by atoms with E-state index >= 15 is 0 Å². The molecule has 5 nitrogen and oxygen atoms in total. The van der Waals surface area contributed by atoms with Crippen LogP contribution in [0.1, 0.15) is 85.4 Å². The first-order valence-corrected chi connectivity index (χ1v) is 10.8. The molecule has 0 radical (unpaired) electrons. The van der Waals surface area contributed by atoms with Gasteiger partial charge >= 0.3 is 5.97 Å². The highest BCUT2D eigenvalue weighted by Gasteiger charge is 2.33. The minimum atomic E-state index is -0.546. The van der Waals surface area contributed by atoms with Crippen molar-refractivity contribution in [1.82, 2.24) is 0 Å². The van der Waals surface area contributed by atoms with Gasteiger partial charge in [-0.15, -0.1) is 0 Å². The monoisotopic (exact) mass is 398 g/mol. The summed E-state index contributed by atoms with van der Waals surface area (Å²) in [5.74, 6) is -0.236. The second-order valence-electron chi connectivity index (χ2n) is 7.86. The molecular weight excluding hydrogens is 368 g/mol. The van der Waals surface area contributed by atoms with Crippen LogP contribution in [0.15, 0.2) is 35.6 Å². The van der Waals surface area contributed by atoms with Crippen molar-refractivity contribution in [3.05, 3.63) is 46.7 Å². The Kier molecular flexibility index (Phi) is 7.62. The Balaban J connectivity index is 1.70. The fourth-order valence-electron chi connectivity index (χ4n) is 4.33. The summed E-state index contributed by atoms with van der Waals surface area (Å²) in [6.45, 7) is 1.58. The molecule has 0 aliphatic heterocycles. The Hall–Kier alpha value is -2.43. The predicted molar refractivity (Wildman–Crippen MR) is 110 cm³/mol. The highest BCUT2D eigenvalue weighted by atomic mass is 16.6. The number of carbonyl (C=O) groups excluding carboxylic acids is 3. The third kappa shape index (κ3) is 5.34. The van der Waals surface area contributed by atoms with Crippen molar-refractivity contribution in [2.24, 2.45) is 5.92 Å². The van der Waals surface area contributed by atoms with Gasteiger partial charge in [0.25, 0.3) is 0 Å². The number of benzene rings is 1. The quantitative estimate of drug-likeness (QED) is 0.430. The Bertz CT molecular complexity index is 786. The van der Waals surface area contributed by atoms with Crippen molar-refractivity contribution in [3.8, 4) is 0 Å². The molecule has 1 saturated carbocycles. The van der Waals surface area contributed by atoms with E-state index in [-0.39, 0.29) is 30.5 Å². The first-order valence-electron chi connectivity index (χ1n) is 10.8. The molecular formula is C24H30O5. The van der Waals surface area contributed by atoms with E-state index < -0.39 is 5.97 Å². The Labute approximate surface area is 172 Å². The summed E-state index contributed by atoms with van der Waals surface area (Å²) in [5, 5.41) is 0. The molecule has 0 atom stereocenters. The third-order valence-electron chi connectivity index (χ3n) is 5.82. The van der Waals surface area contributed by atoms with Crippen LogP contribution in [0.25, 0.3) is 0 Å². The molecule has 0 heterocycles. The molecule has 29 heavy (non-hydrogen) atoms. The molecule has 0 bridgehead atoms. The van der Waals surface area contributed by atoms with E-state index in [2.05, 4.69) is 0 Å². The van der Waals surface area contributed by atoms with E-state index in [0.29, 0.717) is 23.1 Å². The number of esters is 1. The molecule has 0 amide bonds. The van der Waals surface area contributed by atoms with Gasteiger partial charge in [0.05, 0.1) is 6.61 Å². The Morgan fingerprint density at radius 3 is 2.38 bits per heavy atom. The smallest absolute Gasteiger partial charge is 0.344 e. The van der Waals surface area contributed by atoms with E-state index in [1.165, 1.54) is 38.5 Å². The second kappa shape index (κ2) is 10.4. The average molecular weight is 398 g/mol. The summed E-state index contributed by atoms with van der Waals surface area (Å²) < 4.78 is 10.4. The number of fused-ring (bicyclic) bond motifs is 1. The average Bonchev–Trinajstić information content (AvgIpc) is 2.75. The van der Waals surface area contributed by atoms with E-state index in [9.17, 15) is 14.4 Å².